The Morgan fingerprint density at radius 3 is 2.64 bits per heavy atom. The van der Waals surface area contributed by atoms with Crippen molar-refractivity contribution in [1.82, 2.24) is 29.7 Å². The molecule has 1 amide bonds. The number of hydrogen-bond acceptors (Lipinski definition) is 7. The van der Waals surface area contributed by atoms with Crippen LogP contribution >= 0.6 is 0 Å². The fourth-order valence-corrected chi connectivity index (χ4v) is 5.71. The van der Waals surface area contributed by atoms with Crippen LogP contribution in [0.4, 0.5) is 0 Å². The lowest BCUT2D eigenvalue weighted by molar-refractivity contribution is -0.127. The number of nitrogens with zero attached hydrogens (tertiary/aromatic N) is 5. The minimum atomic E-state index is -0.540. The molecule has 1 saturated heterocycles. The summed E-state index contributed by atoms with van der Waals surface area (Å²) in [6.45, 7) is 3.13. The zero-order valence-corrected chi connectivity index (χ0v) is 20.2. The maximum Gasteiger partial charge on any atom is 0.258 e. The minimum absolute atomic E-state index is 0.0435. The summed E-state index contributed by atoms with van der Waals surface area (Å²) in [7, 11) is 0. The van der Waals surface area contributed by atoms with Crippen molar-refractivity contribution in [3.63, 3.8) is 0 Å². The van der Waals surface area contributed by atoms with Gasteiger partial charge in [-0.15, -0.1) is 0 Å². The van der Waals surface area contributed by atoms with Gasteiger partial charge in [-0.25, -0.2) is 9.97 Å². The van der Waals surface area contributed by atoms with Crippen LogP contribution in [0.25, 0.3) is 6.08 Å². The second-order valence-corrected chi connectivity index (χ2v) is 9.34. The van der Waals surface area contributed by atoms with E-state index in [0.717, 1.165) is 16.8 Å². The van der Waals surface area contributed by atoms with Crippen molar-refractivity contribution in [3.05, 3.63) is 94.2 Å². The number of hydrogen-bond donors (Lipinski definition) is 2. The number of amides is 1. The third kappa shape index (κ3) is 4.47. The zero-order valence-electron chi connectivity index (χ0n) is 20.2. The van der Waals surface area contributed by atoms with Gasteiger partial charge in [-0.3, -0.25) is 19.5 Å². The Morgan fingerprint density at radius 2 is 1.92 bits per heavy atom. The van der Waals surface area contributed by atoms with Gasteiger partial charge in [-0.2, -0.15) is 0 Å². The average Bonchev–Trinajstić information content (AvgIpc) is 3.42. The first kappa shape index (κ1) is 24.0. The van der Waals surface area contributed by atoms with E-state index in [2.05, 4.69) is 25.2 Å². The number of rotatable bonds is 8. The van der Waals surface area contributed by atoms with E-state index in [1.54, 1.807) is 29.4 Å². The SMILES string of the molecule is C/C=C/c1ccc2n(c1=O)C[C@@H]1[C@@H](CO)[C@H](C(=O)NCCc3ccncc3)N(Cc3cncnc3)[C@H]21. The largest absolute Gasteiger partial charge is 0.396 e. The highest BCUT2D eigenvalue weighted by Crippen LogP contribution is 2.49. The van der Waals surface area contributed by atoms with Crippen LogP contribution in [0.5, 0.6) is 0 Å². The van der Waals surface area contributed by atoms with Gasteiger partial charge in [0, 0.05) is 79.7 Å². The molecule has 186 valence electrons. The standard InChI is InChI=1S/C27H30N6O3/c1-2-3-20-4-5-23-24-21(15-32(23)27(20)36)22(16-34)25(33(24)14-19-12-29-17-30-13-19)26(35)31-11-8-18-6-9-28-10-7-18/h2-7,9-10,12-13,17,21-22,24-25,34H,8,11,14-16H2,1H3,(H,31,35)/b3-2+/t21-,22-,24+,25-/m1/s1. The van der Waals surface area contributed by atoms with Crippen LogP contribution < -0.4 is 10.9 Å². The van der Waals surface area contributed by atoms with Gasteiger partial charge >= 0.3 is 0 Å². The normalized spacial score (nSPS) is 23.1. The Kier molecular flexibility index (Phi) is 7.02. The van der Waals surface area contributed by atoms with E-state index >= 15 is 0 Å². The van der Waals surface area contributed by atoms with Crippen LogP contribution in [0.1, 0.15) is 35.3 Å². The lowest BCUT2D eigenvalue weighted by Crippen LogP contribution is -2.48. The Bertz CT molecular complexity index is 1290. The van der Waals surface area contributed by atoms with Gasteiger partial charge in [-0.05, 0) is 43.2 Å². The fourth-order valence-electron chi connectivity index (χ4n) is 5.71. The second-order valence-electron chi connectivity index (χ2n) is 9.34. The first-order valence-electron chi connectivity index (χ1n) is 12.3. The lowest BCUT2D eigenvalue weighted by atomic mass is 9.88. The molecular formula is C27H30N6O3. The molecule has 5 rings (SSSR count). The van der Waals surface area contributed by atoms with Crippen molar-refractivity contribution in [2.75, 3.05) is 13.2 Å². The molecule has 9 nitrogen and oxygen atoms in total. The number of fused-ring (bicyclic) bond motifs is 3. The summed E-state index contributed by atoms with van der Waals surface area (Å²) < 4.78 is 1.80. The highest BCUT2D eigenvalue weighted by Gasteiger charge is 2.55. The Hall–Kier alpha value is -3.69. The van der Waals surface area contributed by atoms with Crippen LogP contribution in [0.3, 0.4) is 0 Å². The maximum absolute atomic E-state index is 13.6. The molecule has 0 spiro atoms. The van der Waals surface area contributed by atoms with Gasteiger partial charge in [0.15, 0.2) is 0 Å². The monoisotopic (exact) mass is 486 g/mol. The number of likely N-dealkylation sites (tertiary alicyclic amines) is 1. The number of aliphatic hydroxyl groups excluding tert-OH is 1. The molecule has 9 heteroatoms. The highest BCUT2D eigenvalue weighted by atomic mass is 16.3. The van der Waals surface area contributed by atoms with Crippen LogP contribution in [0.15, 0.2) is 66.3 Å². The van der Waals surface area contributed by atoms with Crippen LogP contribution in [0.2, 0.25) is 0 Å². The van der Waals surface area contributed by atoms with E-state index in [4.69, 9.17) is 0 Å². The molecule has 0 radical (unpaired) electrons. The zero-order chi connectivity index (χ0) is 25.1. The van der Waals surface area contributed by atoms with Gasteiger partial charge in [-0.1, -0.05) is 12.2 Å². The number of aromatic nitrogens is 4. The summed E-state index contributed by atoms with van der Waals surface area (Å²) in [5.74, 6) is -0.497. The van der Waals surface area contributed by atoms with Gasteiger partial charge in [0.25, 0.3) is 5.56 Å². The van der Waals surface area contributed by atoms with Crippen molar-refractivity contribution in [2.45, 2.75) is 38.5 Å². The van der Waals surface area contributed by atoms with Crippen molar-refractivity contribution >= 4 is 12.0 Å². The Balaban J connectivity index is 1.46. The summed E-state index contributed by atoms with van der Waals surface area (Å²) in [5, 5.41) is 13.6. The number of carbonyl (C=O) groups excluding carboxylic acids is 1. The molecule has 0 bridgehead atoms. The summed E-state index contributed by atoms with van der Waals surface area (Å²) in [6, 6.07) is 6.97. The predicted octanol–water partition coefficient (Wildman–Crippen LogP) is 1.59. The molecule has 36 heavy (non-hydrogen) atoms. The summed E-state index contributed by atoms with van der Waals surface area (Å²) in [6.07, 6.45) is 12.8. The fraction of sp³-hybridized carbons (Fsp3) is 0.370. The molecule has 0 saturated carbocycles. The Morgan fingerprint density at radius 1 is 1.14 bits per heavy atom. The number of allylic oxidation sites excluding steroid dienone is 1. The Labute approximate surface area is 209 Å². The van der Waals surface area contributed by atoms with Crippen LogP contribution in [-0.2, 0) is 24.3 Å². The maximum atomic E-state index is 13.6. The van der Waals surface area contributed by atoms with E-state index in [1.165, 1.54) is 6.33 Å². The molecule has 2 aliphatic heterocycles. The van der Waals surface area contributed by atoms with E-state index in [0.29, 0.717) is 31.6 Å². The first-order chi connectivity index (χ1) is 17.6. The highest BCUT2D eigenvalue weighted by molar-refractivity contribution is 5.82. The van der Waals surface area contributed by atoms with Gasteiger partial charge in [0.1, 0.15) is 6.33 Å². The summed E-state index contributed by atoms with van der Waals surface area (Å²) in [4.78, 5) is 41.2. The number of nitrogens with one attached hydrogen (secondary N) is 1. The second kappa shape index (κ2) is 10.5. The molecule has 2 aliphatic rings. The lowest BCUT2D eigenvalue weighted by Gasteiger charge is -2.30. The molecule has 2 N–H and O–H groups in total. The van der Waals surface area contributed by atoms with E-state index < -0.39 is 6.04 Å². The smallest absolute Gasteiger partial charge is 0.258 e. The van der Waals surface area contributed by atoms with Gasteiger partial charge < -0.3 is 15.0 Å². The number of carbonyl (C=O) groups is 1. The van der Waals surface area contributed by atoms with Gasteiger partial charge in [0.2, 0.25) is 5.91 Å². The topological polar surface area (TPSA) is 113 Å². The molecular weight excluding hydrogens is 456 g/mol. The third-order valence-corrected chi connectivity index (χ3v) is 7.28. The molecule has 0 aliphatic carbocycles. The van der Waals surface area contributed by atoms with E-state index in [1.807, 2.05) is 43.3 Å². The summed E-state index contributed by atoms with van der Waals surface area (Å²) in [5.41, 5.74) is 3.43. The van der Waals surface area contributed by atoms with Crippen molar-refractivity contribution in [2.24, 2.45) is 11.8 Å². The van der Waals surface area contributed by atoms with Crippen LogP contribution in [-0.4, -0.2) is 54.6 Å². The van der Waals surface area contributed by atoms with Crippen molar-refractivity contribution in [1.29, 1.82) is 0 Å². The molecule has 0 unspecified atom stereocenters. The van der Waals surface area contributed by atoms with Gasteiger partial charge in [0.05, 0.1) is 12.1 Å². The molecule has 4 atom stereocenters. The average molecular weight is 487 g/mol. The van der Waals surface area contributed by atoms with E-state index in [9.17, 15) is 14.7 Å². The van der Waals surface area contributed by atoms with Crippen LogP contribution in [0, 0.1) is 11.8 Å². The van der Waals surface area contributed by atoms with E-state index in [-0.39, 0.29) is 36.0 Å². The minimum Gasteiger partial charge on any atom is -0.396 e. The molecule has 0 aromatic carbocycles. The predicted molar refractivity (Wildman–Crippen MR) is 135 cm³/mol. The number of pyridine rings is 2. The molecule has 1 fully saturated rings. The molecule has 3 aromatic heterocycles. The third-order valence-electron chi connectivity index (χ3n) is 7.28. The molecule has 3 aromatic rings. The van der Waals surface area contributed by atoms with Crippen molar-refractivity contribution < 1.29 is 9.90 Å². The first-order valence-corrected chi connectivity index (χ1v) is 12.3. The van der Waals surface area contributed by atoms with Crippen molar-refractivity contribution in [3.8, 4) is 0 Å². The molecule has 5 heterocycles. The number of aliphatic hydroxyl groups is 1. The summed E-state index contributed by atoms with van der Waals surface area (Å²) >= 11 is 0. The quantitative estimate of drug-likeness (QED) is 0.497.